The molecule has 6 aliphatic rings. The van der Waals surface area contributed by atoms with Gasteiger partial charge in [-0.1, -0.05) is 60.7 Å². The van der Waals surface area contributed by atoms with E-state index >= 15 is 0 Å². The van der Waals surface area contributed by atoms with Crippen LogP contribution in [0.2, 0.25) is 0 Å². The van der Waals surface area contributed by atoms with Crippen LogP contribution in [-0.2, 0) is 0 Å². The minimum Gasteiger partial charge on any atom is -0.508 e. The molecule has 0 amide bonds. The molecule has 0 radical (unpaired) electrons. The third-order valence-electron chi connectivity index (χ3n) is 7.48. The van der Waals surface area contributed by atoms with E-state index in [4.69, 9.17) is 0 Å². The van der Waals surface area contributed by atoms with Gasteiger partial charge in [0.05, 0.1) is 0 Å². The average molecular weight is 388 g/mol. The van der Waals surface area contributed by atoms with Crippen LogP contribution >= 0.6 is 0 Å². The maximum atomic E-state index is 10.4. The molecule has 4 aromatic rings. The Morgan fingerprint density at radius 1 is 0.367 bits per heavy atom. The molecule has 4 bridgehead atoms. The van der Waals surface area contributed by atoms with Crippen molar-refractivity contribution in [3.8, 4) is 11.5 Å². The molecule has 10 rings (SSSR count). The second kappa shape index (κ2) is 5.54. The summed E-state index contributed by atoms with van der Waals surface area (Å²) >= 11 is 0. The van der Waals surface area contributed by atoms with E-state index in [2.05, 4.69) is 60.7 Å². The lowest BCUT2D eigenvalue weighted by molar-refractivity contribution is 0.464. The van der Waals surface area contributed by atoms with Crippen molar-refractivity contribution in [2.75, 3.05) is 0 Å². The van der Waals surface area contributed by atoms with E-state index in [0.29, 0.717) is 11.5 Å². The van der Waals surface area contributed by atoms with Crippen LogP contribution in [0.15, 0.2) is 84.9 Å². The number of aromatic hydroxyl groups is 2. The number of hydrogen-bond donors (Lipinski definition) is 2. The molecule has 6 aliphatic carbocycles. The Morgan fingerprint density at radius 2 is 0.667 bits per heavy atom. The molecule has 0 saturated carbocycles. The molecular weight excluding hydrogens is 368 g/mol. The van der Waals surface area contributed by atoms with Gasteiger partial charge in [0.2, 0.25) is 0 Å². The fourth-order valence-electron chi connectivity index (χ4n) is 6.49. The van der Waals surface area contributed by atoms with E-state index in [9.17, 15) is 10.2 Å². The van der Waals surface area contributed by atoms with Crippen LogP contribution in [0, 0.1) is 0 Å². The predicted molar refractivity (Wildman–Crippen MR) is 116 cm³/mol. The molecule has 0 unspecified atom stereocenters. The molecule has 144 valence electrons. The van der Waals surface area contributed by atoms with Gasteiger partial charge in [-0.15, -0.1) is 0 Å². The summed E-state index contributed by atoms with van der Waals surface area (Å²) in [6.07, 6.45) is 0. The Bertz CT molecular complexity index is 1250. The molecule has 30 heavy (non-hydrogen) atoms. The van der Waals surface area contributed by atoms with Gasteiger partial charge in [0.1, 0.15) is 11.5 Å². The molecule has 4 atom stereocenters. The first-order chi connectivity index (χ1) is 14.7. The second-order valence-corrected chi connectivity index (χ2v) is 8.79. The summed E-state index contributed by atoms with van der Waals surface area (Å²) in [7, 11) is 0. The van der Waals surface area contributed by atoms with Crippen molar-refractivity contribution in [3.05, 3.63) is 129 Å². The average Bonchev–Trinajstić information content (AvgIpc) is 2.75. The molecule has 0 aromatic heterocycles. The number of phenols is 2. The number of hydrogen-bond acceptors (Lipinski definition) is 2. The maximum absolute atomic E-state index is 10.4. The number of phenolic OH excluding ortho intramolecular Hbond substituents is 2. The molecule has 0 aliphatic heterocycles. The lowest BCUT2D eigenvalue weighted by atomic mass is 9.53. The van der Waals surface area contributed by atoms with Crippen LogP contribution in [0.4, 0.5) is 0 Å². The SMILES string of the molecule is Oc1ccc2c(c1)[C@H]1c3ccccc3[C@@H]2[C@@H]2c3ccccc3[C@H]1c1ccc(O)cc12. The maximum Gasteiger partial charge on any atom is 0.115 e. The van der Waals surface area contributed by atoms with Crippen LogP contribution < -0.4 is 0 Å². The zero-order valence-electron chi connectivity index (χ0n) is 16.3. The van der Waals surface area contributed by atoms with Crippen LogP contribution in [-0.4, -0.2) is 10.2 Å². The van der Waals surface area contributed by atoms with Gasteiger partial charge < -0.3 is 10.2 Å². The first-order valence-electron chi connectivity index (χ1n) is 10.6. The van der Waals surface area contributed by atoms with E-state index in [1.807, 2.05) is 24.3 Å². The second-order valence-electron chi connectivity index (χ2n) is 8.79. The molecule has 0 saturated heterocycles. The molecule has 2 heteroatoms. The van der Waals surface area contributed by atoms with E-state index in [-0.39, 0.29) is 23.7 Å². The van der Waals surface area contributed by atoms with Crippen molar-refractivity contribution >= 4 is 0 Å². The minimum absolute atomic E-state index is 0.130. The summed E-state index contributed by atoms with van der Waals surface area (Å²) in [5.74, 6) is 1.21. The Labute approximate surface area is 175 Å². The van der Waals surface area contributed by atoms with Gasteiger partial charge in [-0.25, -0.2) is 0 Å². The van der Waals surface area contributed by atoms with Gasteiger partial charge in [0.25, 0.3) is 0 Å². The van der Waals surface area contributed by atoms with Gasteiger partial charge in [-0.2, -0.15) is 0 Å². The largest absolute Gasteiger partial charge is 0.508 e. The standard InChI is InChI=1S/C28H20O2/c29-15-9-11-21-23(13-15)27-19-7-3-1-5-17(19)25(21)28-20-8-4-2-6-18(20)26(27)22-12-10-16(30)14-24(22)28/h1-14,25-30H/t25-,26-,27+,28+/m0/s1. The van der Waals surface area contributed by atoms with E-state index < -0.39 is 0 Å². The molecule has 0 spiro atoms. The lowest BCUT2D eigenvalue weighted by Gasteiger charge is -2.50. The van der Waals surface area contributed by atoms with E-state index in [1.165, 1.54) is 44.5 Å². The van der Waals surface area contributed by atoms with Gasteiger partial charge >= 0.3 is 0 Å². The van der Waals surface area contributed by atoms with Crippen molar-refractivity contribution < 1.29 is 10.2 Å². The smallest absolute Gasteiger partial charge is 0.115 e. The molecule has 2 N–H and O–H groups in total. The molecule has 2 nitrogen and oxygen atoms in total. The quantitative estimate of drug-likeness (QED) is 0.390. The highest BCUT2D eigenvalue weighted by atomic mass is 16.3. The monoisotopic (exact) mass is 388 g/mol. The molecule has 0 fully saturated rings. The summed E-state index contributed by atoms with van der Waals surface area (Å²) in [6.45, 7) is 0. The fraction of sp³-hybridized carbons (Fsp3) is 0.143. The summed E-state index contributed by atoms with van der Waals surface area (Å²) in [4.78, 5) is 0. The summed E-state index contributed by atoms with van der Waals surface area (Å²) in [6, 6.07) is 29.5. The Morgan fingerprint density at radius 3 is 1.03 bits per heavy atom. The Kier molecular flexibility index (Phi) is 3.01. The molecular formula is C28H20O2. The van der Waals surface area contributed by atoms with E-state index in [0.717, 1.165) is 0 Å². The number of rotatable bonds is 0. The van der Waals surface area contributed by atoms with Crippen LogP contribution in [0.25, 0.3) is 0 Å². The highest BCUT2D eigenvalue weighted by Gasteiger charge is 2.49. The zero-order chi connectivity index (χ0) is 20.0. The van der Waals surface area contributed by atoms with Crippen molar-refractivity contribution in [1.82, 2.24) is 0 Å². The molecule has 0 heterocycles. The van der Waals surface area contributed by atoms with Crippen molar-refractivity contribution in [2.24, 2.45) is 0 Å². The summed E-state index contributed by atoms with van der Waals surface area (Å²) in [5, 5.41) is 20.8. The fourth-order valence-corrected chi connectivity index (χ4v) is 6.49. The minimum atomic E-state index is 0.130. The zero-order valence-corrected chi connectivity index (χ0v) is 16.3. The van der Waals surface area contributed by atoms with Crippen molar-refractivity contribution in [1.29, 1.82) is 0 Å². The normalized spacial score (nSPS) is 24.3. The van der Waals surface area contributed by atoms with E-state index in [1.54, 1.807) is 0 Å². The first-order valence-corrected chi connectivity index (χ1v) is 10.6. The number of benzene rings is 4. The topological polar surface area (TPSA) is 40.5 Å². The third kappa shape index (κ3) is 1.89. The van der Waals surface area contributed by atoms with Gasteiger partial charge in [-0.3, -0.25) is 0 Å². The van der Waals surface area contributed by atoms with Crippen LogP contribution in [0.5, 0.6) is 11.5 Å². The lowest BCUT2D eigenvalue weighted by Crippen LogP contribution is -2.35. The van der Waals surface area contributed by atoms with Crippen LogP contribution in [0.3, 0.4) is 0 Å². The Hall–Kier alpha value is -3.52. The van der Waals surface area contributed by atoms with Crippen molar-refractivity contribution in [2.45, 2.75) is 23.7 Å². The molecule has 4 aromatic carbocycles. The van der Waals surface area contributed by atoms with Crippen molar-refractivity contribution in [3.63, 3.8) is 0 Å². The summed E-state index contributed by atoms with van der Waals surface area (Å²) in [5.41, 5.74) is 10.6. The van der Waals surface area contributed by atoms with Gasteiger partial charge in [0, 0.05) is 23.7 Å². The third-order valence-corrected chi connectivity index (χ3v) is 7.48. The highest BCUT2D eigenvalue weighted by Crippen LogP contribution is 2.64. The highest BCUT2D eigenvalue weighted by molar-refractivity contribution is 5.68. The Balaban J connectivity index is 1.68. The first kappa shape index (κ1) is 16.3. The predicted octanol–water partition coefficient (Wildman–Crippen LogP) is 5.97. The van der Waals surface area contributed by atoms with Crippen LogP contribution in [0.1, 0.15) is 68.2 Å². The van der Waals surface area contributed by atoms with Gasteiger partial charge in [-0.05, 0) is 68.8 Å². The van der Waals surface area contributed by atoms with Gasteiger partial charge in [0.15, 0.2) is 0 Å². The summed E-state index contributed by atoms with van der Waals surface area (Å²) < 4.78 is 0.